The van der Waals surface area contributed by atoms with E-state index < -0.39 is 10.0 Å². The van der Waals surface area contributed by atoms with Crippen LogP contribution in [0.2, 0.25) is 0 Å². The van der Waals surface area contributed by atoms with Crippen LogP contribution in [0.3, 0.4) is 0 Å². The van der Waals surface area contributed by atoms with Crippen molar-refractivity contribution < 1.29 is 13.2 Å². The average molecular weight is 252 g/mol. The van der Waals surface area contributed by atoms with Crippen LogP contribution in [0, 0.1) is 0 Å². The molecule has 98 valence electrons. The highest BCUT2D eigenvalue weighted by Gasteiger charge is 2.16. The Balaban J connectivity index is 3.71. The Kier molecular flexibility index (Phi) is 6.47. The van der Waals surface area contributed by atoms with Gasteiger partial charge in [-0.1, -0.05) is 0 Å². The number of ether oxygens (including phenoxy) is 1. The molecular formula is C10H24N2O3S. The first kappa shape index (κ1) is 15.8. The number of methoxy groups -OCH3 is 1. The molecule has 0 amide bonds. The monoisotopic (exact) mass is 252 g/mol. The van der Waals surface area contributed by atoms with E-state index in [1.165, 1.54) is 4.31 Å². The highest BCUT2D eigenvalue weighted by Crippen LogP contribution is 2.11. The van der Waals surface area contributed by atoms with Crippen molar-refractivity contribution in [3.8, 4) is 0 Å². The molecule has 0 atom stereocenters. The summed E-state index contributed by atoms with van der Waals surface area (Å²) in [6.45, 7) is 5.24. The lowest BCUT2D eigenvalue weighted by molar-refractivity contribution is 0.0160. The average Bonchev–Trinajstić information content (AvgIpc) is 2.16. The first-order valence-electron chi connectivity index (χ1n) is 5.37. The lowest BCUT2D eigenvalue weighted by Crippen LogP contribution is -2.34. The van der Waals surface area contributed by atoms with E-state index in [4.69, 9.17) is 4.74 Å². The van der Waals surface area contributed by atoms with Gasteiger partial charge in [-0.15, -0.1) is 0 Å². The first-order valence-corrected chi connectivity index (χ1v) is 6.98. The fraction of sp³-hybridized carbons (Fsp3) is 1.00. The van der Waals surface area contributed by atoms with Crippen molar-refractivity contribution in [3.05, 3.63) is 0 Å². The Bertz CT molecular complexity index is 286. The fourth-order valence-corrected chi connectivity index (χ4v) is 1.77. The molecule has 0 aliphatic rings. The van der Waals surface area contributed by atoms with Gasteiger partial charge in [-0.3, -0.25) is 0 Å². The van der Waals surface area contributed by atoms with Crippen LogP contribution in [-0.2, 0) is 14.8 Å². The van der Waals surface area contributed by atoms with Crippen molar-refractivity contribution in [2.24, 2.45) is 0 Å². The highest BCUT2D eigenvalue weighted by molar-refractivity contribution is 7.89. The quantitative estimate of drug-likeness (QED) is 0.631. The number of nitrogens with one attached hydrogen (secondary N) is 1. The summed E-state index contributed by atoms with van der Waals surface area (Å²) in [5, 5.41) is 3.10. The molecule has 0 unspecified atom stereocenters. The van der Waals surface area contributed by atoms with Gasteiger partial charge >= 0.3 is 0 Å². The third-order valence-corrected chi connectivity index (χ3v) is 4.38. The van der Waals surface area contributed by atoms with E-state index in [0.29, 0.717) is 6.54 Å². The van der Waals surface area contributed by atoms with Crippen molar-refractivity contribution in [3.63, 3.8) is 0 Å². The molecule has 0 saturated carbocycles. The molecule has 16 heavy (non-hydrogen) atoms. The first-order chi connectivity index (χ1) is 7.21. The van der Waals surface area contributed by atoms with Crippen molar-refractivity contribution in [1.82, 2.24) is 9.62 Å². The SMILES string of the molecule is COC(C)(C)CCNCCS(=O)(=O)N(C)C. The van der Waals surface area contributed by atoms with E-state index >= 15 is 0 Å². The summed E-state index contributed by atoms with van der Waals surface area (Å²) in [5.74, 6) is 0.132. The van der Waals surface area contributed by atoms with E-state index in [0.717, 1.165) is 13.0 Å². The molecule has 0 saturated heterocycles. The van der Waals surface area contributed by atoms with Gasteiger partial charge in [0.1, 0.15) is 0 Å². The molecule has 0 spiro atoms. The maximum atomic E-state index is 11.4. The van der Waals surface area contributed by atoms with Gasteiger partial charge in [0.2, 0.25) is 10.0 Å². The van der Waals surface area contributed by atoms with Crippen LogP contribution in [0.25, 0.3) is 0 Å². The van der Waals surface area contributed by atoms with Crippen LogP contribution >= 0.6 is 0 Å². The zero-order valence-electron chi connectivity index (χ0n) is 10.9. The minimum atomic E-state index is -3.08. The minimum absolute atomic E-state index is 0.132. The zero-order chi connectivity index (χ0) is 12.8. The Morgan fingerprint density at radius 2 is 1.81 bits per heavy atom. The van der Waals surface area contributed by atoms with Crippen molar-refractivity contribution in [2.75, 3.05) is 40.0 Å². The van der Waals surface area contributed by atoms with Gasteiger partial charge in [0, 0.05) is 27.7 Å². The molecule has 6 heteroatoms. The summed E-state index contributed by atoms with van der Waals surface area (Å²) in [5.41, 5.74) is -0.159. The summed E-state index contributed by atoms with van der Waals surface area (Å²) in [4.78, 5) is 0. The number of nitrogens with zero attached hydrogens (tertiary/aromatic N) is 1. The van der Waals surface area contributed by atoms with E-state index in [-0.39, 0.29) is 11.4 Å². The molecule has 0 aromatic carbocycles. The summed E-state index contributed by atoms with van der Waals surface area (Å²) < 4.78 is 29.3. The smallest absolute Gasteiger partial charge is 0.214 e. The second-order valence-corrected chi connectivity index (χ2v) is 6.86. The van der Waals surface area contributed by atoms with Crippen molar-refractivity contribution in [1.29, 1.82) is 0 Å². The molecule has 0 radical (unpaired) electrons. The van der Waals surface area contributed by atoms with Crippen LogP contribution < -0.4 is 5.32 Å². The Morgan fingerprint density at radius 3 is 2.25 bits per heavy atom. The van der Waals surface area contributed by atoms with E-state index in [9.17, 15) is 8.42 Å². The Hall–Kier alpha value is -0.170. The maximum Gasteiger partial charge on any atom is 0.214 e. The lowest BCUT2D eigenvalue weighted by Gasteiger charge is -2.22. The molecule has 0 fully saturated rings. The van der Waals surface area contributed by atoms with E-state index in [1.54, 1.807) is 21.2 Å². The van der Waals surface area contributed by atoms with Crippen LogP contribution in [0.15, 0.2) is 0 Å². The molecule has 0 aromatic rings. The lowest BCUT2D eigenvalue weighted by atomic mass is 10.1. The zero-order valence-corrected chi connectivity index (χ0v) is 11.7. The molecule has 0 bridgehead atoms. The van der Waals surface area contributed by atoms with Gasteiger partial charge < -0.3 is 10.1 Å². The molecule has 1 N–H and O–H groups in total. The van der Waals surface area contributed by atoms with Gasteiger partial charge in [-0.2, -0.15) is 0 Å². The molecule has 0 heterocycles. The van der Waals surface area contributed by atoms with Gasteiger partial charge in [0.05, 0.1) is 11.4 Å². The summed E-state index contributed by atoms with van der Waals surface area (Å²) in [6, 6.07) is 0. The predicted molar refractivity (Wildman–Crippen MR) is 66.0 cm³/mol. The number of sulfonamides is 1. The second kappa shape index (κ2) is 6.54. The molecule has 0 aliphatic carbocycles. The Labute approximate surface area is 99.2 Å². The summed E-state index contributed by atoms with van der Waals surface area (Å²) in [7, 11) is 1.69. The standard InChI is InChI=1S/C10H24N2O3S/c1-10(2,15-5)6-7-11-8-9-16(13,14)12(3)4/h11H,6-9H2,1-5H3. The highest BCUT2D eigenvalue weighted by atomic mass is 32.2. The third kappa shape index (κ3) is 6.42. The van der Waals surface area contributed by atoms with Crippen molar-refractivity contribution >= 4 is 10.0 Å². The van der Waals surface area contributed by atoms with Gasteiger partial charge in [0.25, 0.3) is 0 Å². The molecule has 0 aromatic heterocycles. The van der Waals surface area contributed by atoms with Gasteiger partial charge in [-0.05, 0) is 26.8 Å². The fourth-order valence-electron chi connectivity index (χ4n) is 1.00. The molecular weight excluding hydrogens is 228 g/mol. The van der Waals surface area contributed by atoms with Crippen molar-refractivity contribution in [2.45, 2.75) is 25.9 Å². The van der Waals surface area contributed by atoms with Gasteiger partial charge in [0.15, 0.2) is 0 Å². The van der Waals surface area contributed by atoms with Crippen LogP contribution in [0.1, 0.15) is 20.3 Å². The minimum Gasteiger partial charge on any atom is -0.379 e. The number of hydrogen-bond donors (Lipinski definition) is 1. The Morgan fingerprint density at radius 1 is 1.25 bits per heavy atom. The summed E-state index contributed by atoms with van der Waals surface area (Å²) >= 11 is 0. The maximum absolute atomic E-state index is 11.4. The molecule has 0 rings (SSSR count). The van der Waals surface area contributed by atoms with Crippen LogP contribution in [0.4, 0.5) is 0 Å². The van der Waals surface area contributed by atoms with E-state index in [1.807, 2.05) is 13.8 Å². The number of hydrogen-bond acceptors (Lipinski definition) is 4. The van der Waals surface area contributed by atoms with Crippen LogP contribution in [-0.4, -0.2) is 58.4 Å². The molecule has 0 aliphatic heterocycles. The second-order valence-electron chi connectivity index (χ2n) is 4.56. The third-order valence-electron chi connectivity index (χ3n) is 2.55. The normalized spacial score (nSPS) is 13.4. The van der Waals surface area contributed by atoms with E-state index in [2.05, 4.69) is 5.32 Å². The van der Waals surface area contributed by atoms with Crippen LogP contribution in [0.5, 0.6) is 0 Å². The summed E-state index contributed by atoms with van der Waals surface area (Å²) in [6.07, 6.45) is 0.853. The van der Waals surface area contributed by atoms with Gasteiger partial charge in [-0.25, -0.2) is 12.7 Å². The largest absolute Gasteiger partial charge is 0.379 e. The predicted octanol–water partition coefficient (Wildman–Crippen LogP) is 0.283. The topological polar surface area (TPSA) is 58.6 Å². The number of rotatable bonds is 8. The molecule has 5 nitrogen and oxygen atoms in total.